The maximum atomic E-state index is 13.6. The molecule has 0 unspecified atom stereocenters. The number of likely N-dealkylation sites (tertiary alicyclic amines) is 1. The minimum absolute atomic E-state index is 0.0176. The molecule has 0 bridgehead atoms. The molecule has 1 saturated heterocycles. The van der Waals surface area contributed by atoms with Gasteiger partial charge in [-0.3, -0.25) is 14.5 Å². The Balaban J connectivity index is 1.62. The van der Waals surface area contributed by atoms with Crippen LogP contribution in [0.3, 0.4) is 0 Å². The van der Waals surface area contributed by atoms with E-state index in [-0.39, 0.29) is 29.7 Å². The third-order valence-corrected chi connectivity index (χ3v) is 7.00. The van der Waals surface area contributed by atoms with E-state index >= 15 is 0 Å². The van der Waals surface area contributed by atoms with Crippen LogP contribution in [0.1, 0.15) is 52.9 Å². The molecule has 0 N–H and O–H groups in total. The average Bonchev–Trinajstić information content (AvgIpc) is 3.29. The zero-order chi connectivity index (χ0) is 18.9. The van der Waals surface area contributed by atoms with Crippen molar-refractivity contribution in [3.8, 4) is 0 Å². The van der Waals surface area contributed by atoms with E-state index in [1.165, 1.54) is 4.90 Å². The summed E-state index contributed by atoms with van der Waals surface area (Å²) in [5, 5.41) is 11.4. The van der Waals surface area contributed by atoms with Crippen LogP contribution in [0.15, 0.2) is 6.33 Å². The van der Waals surface area contributed by atoms with E-state index in [4.69, 9.17) is 6.57 Å². The molecule has 26 heavy (non-hydrogen) atoms. The number of halogens is 1. The second kappa shape index (κ2) is 6.93. The first kappa shape index (κ1) is 18.7. The fourth-order valence-corrected chi connectivity index (χ4v) is 4.61. The normalized spacial score (nSPS) is 33.3. The van der Waals surface area contributed by atoms with Crippen LogP contribution in [-0.4, -0.2) is 49.9 Å². The van der Waals surface area contributed by atoms with Gasteiger partial charge in [0.2, 0.25) is 5.91 Å². The van der Waals surface area contributed by atoms with E-state index in [0.717, 1.165) is 25.8 Å². The monoisotopic (exact) mass is 362 g/mol. The first-order valence-corrected chi connectivity index (χ1v) is 9.28. The van der Waals surface area contributed by atoms with Crippen LogP contribution in [-0.2, 0) is 11.3 Å². The molecule has 8 heteroatoms. The van der Waals surface area contributed by atoms with Crippen molar-refractivity contribution in [1.29, 1.82) is 0 Å². The van der Waals surface area contributed by atoms with Crippen molar-refractivity contribution < 1.29 is 9.18 Å². The molecule has 1 aromatic rings. The van der Waals surface area contributed by atoms with Gasteiger partial charge in [0.15, 0.2) is 0 Å². The minimum Gasteiger partial charge on any atom is -0.289 e. The Morgan fingerprint density at radius 2 is 2.19 bits per heavy atom. The molecule has 1 saturated carbocycles. The lowest BCUT2D eigenvalue weighted by Crippen LogP contribution is -2.38. The van der Waals surface area contributed by atoms with Crippen molar-refractivity contribution in [2.45, 2.75) is 71.8 Å². The fraction of sp³-hybridized carbons (Fsp3) is 0.833. The third-order valence-electron chi connectivity index (χ3n) is 7.00. The number of alkyl halides is 1. The van der Waals surface area contributed by atoms with Crippen LogP contribution in [0, 0.1) is 23.3 Å². The molecular formula is C18H27FN6O. The summed E-state index contributed by atoms with van der Waals surface area (Å²) in [5.74, 6) is 0.344. The number of carbonyl (C=O) groups excluding carboxylic acids is 1. The number of nitrogens with zero attached hydrogens (tertiary/aromatic N) is 6. The number of hydrogen-bond acceptors (Lipinski definition) is 4. The zero-order valence-electron chi connectivity index (χ0n) is 15.7. The van der Waals surface area contributed by atoms with Crippen LogP contribution in [0.25, 0.3) is 4.85 Å². The molecule has 1 amide bonds. The highest BCUT2D eigenvalue weighted by atomic mass is 19.1. The quantitative estimate of drug-likeness (QED) is 0.755. The van der Waals surface area contributed by atoms with E-state index < -0.39 is 12.3 Å². The molecule has 4 atom stereocenters. The van der Waals surface area contributed by atoms with Gasteiger partial charge in [-0.05, 0) is 46.4 Å². The smallest absolute Gasteiger partial charge is 0.289 e. The molecular weight excluding hydrogens is 335 g/mol. The predicted molar refractivity (Wildman–Crippen MR) is 93.3 cm³/mol. The molecule has 0 radical (unpaired) electrons. The Bertz CT molecular complexity index is 684. The molecule has 3 rings (SSSR count). The lowest BCUT2D eigenvalue weighted by Gasteiger charge is -2.42. The molecule has 1 aliphatic heterocycles. The number of amides is 1. The largest absolute Gasteiger partial charge is 0.303 e. The first-order valence-electron chi connectivity index (χ1n) is 9.28. The van der Waals surface area contributed by atoms with E-state index in [0.29, 0.717) is 12.3 Å². The Morgan fingerprint density at radius 3 is 2.85 bits per heavy atom. The van der Waals surface area contributed by atoms with Gasteiger partial charge in [-0.1, -0.05) is 20.8 Å². The Morgan fingerprint density at radius 1 is 1.42 bits per heavy atom. The molecule has 1 aromatic heterocycles. The van der Waals surface area contributed by atoms with Gasteiger partial charge in [0.05, 0.1) is 13.0 Å². The highest BCUT2D eigenvalue weighted by Crippen LogP contribution is 2.58. The van der Waals surface area contributed by atoms with Gasteiger partial charge in [-0.25, -0.2) is 15.6 Å². The summed E-state index contributed by atoms with van der Waals surface area (Å²) in [6, 6.07) is 0. The van der Waals surface area contributed by atoms with Crippen molar-refractivity contribution in [3.05, 3.63) is 17.7 Å². The molecule has 2 aliphatic rings. The molecule has 7 nitrogen and oxygen atoms in total. The van der Waals surface area contributed by atoms with Gasteiger partial charge in [0.1, 0.15) is 12.5 Å². The van der Waals surface area contributed by atoms with Crippen LogP contribution < -0.4 is 0 Å². The molecule has 0 spiro atoms. The maximum absolute atomic E-state index is 13.6. The van der Waals surface area contributed by atoms with Crippen LogP contribution in [0.5, 0.6) is 0 Å². The van der Waals surface area contributed by atoms with E-state index in [2.05, 4.69) is 41.1 Å². The van der Waals surface area contributed by atoms with Gasteiger partial charge in [0.25, 0.3) is 0 Å². The number of aromatic nitrogens is 4. The molecule has 1 aliphatic carbocycles. The van der Waals surface area contributed by atoms with Crippen molar-refractivity contribution in [2.75, 3.05) is 6.54 Å². The van der Waals surface area contributed by atoms with Gasteiger partial charge in [-0.15, -0.1) is 5.10 Å². The van der Waals surface area contributed by atoms with Crippen molar-refractivity contribution in [3.63, 3.8) is 0 Å². The molecule has 0 aromatic carbocycles. The van der Waals surface area contributed by atoms with E-state index in [1.54, 1.807) is 11.0 Å². The SMILES string of the molecule is [C-]#[N+][C@@H]1C[C@H](F)CN1C(=O)CC[C@@]1(C)CC[C@@H](Cn2cnnn2)C1(C)C. The van der Waals surface area contributed by atoms with Crippen molar-refractivity contribution >= 4 is 5.91 Å². The Kier molecular flexibility index (Phi) is 5.00. The summed E-state index contributed by atoms with van der Waals surface area (Å²) in [7, 11) is 0. The van der Waals surface area contributed by atoms with Gasteiger partial charge in [-0.2, -0.15) is 0 Å². The summed E-state index contributed by atoms with van der Waals surface area (Å²) in [6.07, 6.45) is 3.31. The topological polar surface area (TPSA) is 68.3 Å². The summed E-state index contributed by atoms with van der Waals surface area (Å²) >= 11 is 0. The Hall–Kier alpha value is -2.04. The number of carbonyl (C=O) groups is 1. The lowest BCUT2D eigenvalue weighted by molar-refractivity contribution is -0.132. The van der Waals surface area contributed by atoms with Crippen molar-refractivity contribution in [2.24, 2.45) is 16.7 Å². The maximum Gasteiger partial charge on any atom is 0.303 e. The van der Waals surface area contributed by atoms with Gasteiger partial charge in [0, 0.05) is 13.0 Å². The third kappa shape index (κ3) is 3.31. The second-order valence-corrected chi connectivity index (χ2v) is 8.54. The summed E-state index contributed by atoms with van der Waals surface area (Å²) in [4.78, 5) is 17.4. The van der Waals surface area contributed by atoms with Crippen LogP contribution >= 0.6 is 0 Å². The first-order chi connectivity index (χ1) is 12.3. The molecule has 2 fully saturated rings. The number of tetrazole rings is 1. The standard InChI is InChI=1S/C18H27FN6O/c1-17(2)13(10-24-12-21-22-23-24)5-7-18(17,3)8-6-16(26)25-11-14(19)9-15(25)20-4/h12-15H,5-11H2,1-3H3/t13-,14-,15-,18+/m0/s1. The summed E-state index contributed by atoms with van der Waals surface area (Å²) in [6.45, 7) is 14.8. The average molecular weight is 362 g/mol. The van der Waals surface area contributed by atoms with E-state index in [1.807, 2.05) is 0 Å². The number of hydrogen-bond donors (Lipinski definition) is 0. The van der Waals surface area contributed by atoms with Crippen molar-refractivity contribution in [1.82, 2.24) is 25.1 Å². The minimum atomic E-state index is -1.07. The second-order valence-electron chi connectivity index (χ2n) is 8.54. The Labute approximate surface area is 153 Å². The highest BCUT2D eigenvalue weighted by Gasteiger charge is 2.51. The zero-order valence-corrected chi connectivity index (χ0v) is 15.7. The highest BCUT2D eigenvalue weighted by molar-refractivity contribution is 5.77. The lowest BCUT2D eigenvalue weighted by atomic mass is 9.63. The summed E-state index contributed by atoms with van der Waals surface area (Å²) < 4.78 is 15.4. The van der Waals surface area contributed by atoms with E-state index in [9.17, 15) is 9.18 Å². The molecule has 2 heterocycles. The predicted octanol–water partition coefficient (Wildman–Crippen LogP) is 2.71. The van der Waals surface area contributed by atoms with Crippen LogP contribution in [0.4, 0.5) is 4.39 Å². The molecule has 142 valence electrons. The summed E-state index contributed by atoms with van der Waals surface area (Å²) in [5.41, 5.74) is 0.0514. The fourth-order valence-electron chi connectivity index (χ4n) is 4.61. The number of rotatable bonds is 5. The van der Waals surface area contributed by atoms with Gasteiger partial charge < -0.3 is 0 Å². The van der Waals surface area contributed by atoms with Crippen LogP contribution in [0.2, 0.25) is 0 Å². The van der Waals surface area contributed by atoms with Gasteiger partial charge >= 0.3 is 6.17 Å².